The summed E-state index contributed by atoms with van der Waals surface area (Å²) in [6.45, 7) is 1.35. The fraction of sp³-hybridized carbons (Fsp3) is 0.263. The van der Waals surface area contributed by atoms with Crippen molar-refractivity contribution in [3.63, 3.8) is 0 Å². The average molecular weight is 349 g/mol. The van der Waals surface area contributed by atoms with Gasteiger partial charge in [-0.15, -0.1) is 0 Å². The first kappa shape index (κ1) is 16.3. The number of amides is 1. The van der Waals surface area contributed by atoms with Crippen LogP contribution in [-0.2, 0) is 0 Å². The van der Waals surface area contributed by atoms with Crippen molar-refractivity contribution in [1.82, 2.24) is 24.6 Å². The first-order chi connectivity index (χ1) is 12.8. The standard InChI is InChI=1S/C19H19N5O2/c25-19(23-11-3-5-15(14-23)24-12-4-10-22-24)17-7-2-9-21-18(17)26-16-6-1-8-20-13-16/h1-2,4,6-10,12-13,15H,3,5,11,14H2/t15-/m0/s1. The lowest BCUT2D eigenvalue weighted by Crippen LogP contribution is -2.41. The molecule has 4 heterocycles. The molecule has 1 aliphatic heterocycles. The summed E-state index contributed by atoms with van der Waals surface area (Å²) in [5.41, 5.74) is 0.456. The maximum atomic E-state index is 13.1. The third-order valence-electron chi connectivity index (χ3n) is 4.43. The molecule has 1 aliphatic rings. The molecular weight excluding hydrogens is 330 g/mol. The third-order valence-corrected chi connectivity index (χ3v) is 4.43. The van der Waals surface area contributed by atoms with Crippen molar-refractivity contribution >= 4 is 5.91 Å². The van der Waals surface area contributed by atoms with E-state index in [0.29, 0.717) is 23.7 Å². The Kier molecular flexibility index (Phi) is 4.59. The summed E-state index contributed by atoms with van der Waals surface area (Å²) < 4.78 is 7.71. The minimum atomic E-state index is -0.0751. The number of ether oxygens (including phenoxy) is 1. The van der Waals surface area contributed by atoms with E-state index in [1.54, 1.807) is 49.1 Å². The largest absolute Gasteiger partial charge is 0.437 e. The second kappa shape index (κ2) is 7.35. The molecule has 7 nitrogen and oxygen atoms in total. The Hall–Kier alpha value is -3.22. The lowest BCUT2D eigenvalue weighted by Gasteiger charge is -2.33. The number of pyridine rings is 2. The summed E-state index contributed by atoms with van der Waals surface area (Å²) in [5.74, 6) is 0.772. The number of piperidine rings is 1. The summed E-state index contributed by atoms with van der Waals surface area (Å²) in [4.78, 5) is 23.2. The van der Waals surface area contributed by atoms with Gasteiger partial charge in [-0.1, -0.05) is 0 Å². The normalized spacial score (nSPS) is 17.1. The molecule has 1 saturated heterocycles. The maximum absolute atomic E-state index is 13.1. The van der Waals surface area contributed by atoms with Gasteiger partial charge in [-0.25, -0.2) is 4.98 Å². The van der Waals surface area contributed by atoms with Crippen molar-refractivity contribution < 1.29 is 9.53 Å². The fourth-order valence-electron chi connectivity index (χ4n) is 3.18. The average Bonchev–Trinajstić information content (AvgIpc) is 3.24. The zero-order valence-corrected chi connectivity index (χ0v) is 14.2. The van der Waals surface area contributed by atoms with Crippen LogP contribution in [-0.4, -0.2) is 43.6 Å². The highest BCUT2D eigenvalue weighted by Gasteiger charge is 2.27. The lowest BCUT2D eigenvalue weighted by molar-refractivity contribution is 0.0669. The Labute approximate surface area is 151 Å². The van der Waals surface area contributed by atoms with Crippen LogP contribution in [0.4, 0.5) is 0 Å². The second-order valence-electron chi connectivity index (χ2n) is 6.18. The molecule has 1 fully saturated rings. The van der Waals surface area contributed by atoms with Crippen LogP contribution < -0.4 is 4.74 Å². The van der Waals surface area contributed by atoms with Crippen molar-refractivity contribution in [1.29, 1.82) is 0 Å². The van der Waals surface area contributed by atoms with Crippen LogP contribution in [0.5, 0.6) is 11.6 Å². The first-order valence-corrected chi connectivity index (χ1v) is 8.62. The maximum Gasteiger partial charge on any atom is 0.259 e. The van der Waals surface area contributed by atoms with Crippen LogP contribution in [0.2, 0.25) is 0 Å². The smallest absolute Gasteiger partial charge is 0.259 e. The SMILES string of the molecule is O=C(c1cccnc1Oc1cccnc1)N1CCC[C@H](n2cccn2)C1. The van der Waals surface area contributed by atoms with Gasteiger partial charge < -0.3 is 9.64 Å². The predicted octanol–water partition coefficient (Wildman–Crippen LogP) is 2.94. The highest BCUT2D eigenvalue weighted by molar-refractivity contribution is 5.96. The summed E-state index contributed by atoms with van der Waals surface area (Å²) in [7, 11) is 0. The van der Waals surface area contributed by atoms with Gasteiger partial charge in [0.25, 0.3) is 5.91 Å². The van der Waals surface area contributed by atoms with Crippen LogP contribution in [0.3, 0.4) is 0 Å². The Morgan fingerprint density at radius 2 is 2.08 bits per heavy atom. The van der Waals surface area contributed by atoms with Crippen molar-refractivity contribution in [2.45, 2.75) is 18.9 Å². The molecule has 0 spiro atoms. The monoisotopic (exact) mass is 349 g/mol. The van der Waals surface area contributed by atoms with E-state index in [1.165, 1.54) is 0 Å². The van der Waals surface area contributed by atoms with Gasteiger partial charge in [0.1, 0.15) is 11.3 Å². The quantitative estimate of drug-likeness (QED) is 0.724. The summed E-state index contributed by atoms with van der Waals surface area (Å²) in [6.07, 6.45) is 10.5. The zero-order chi connectivity index (χ0) is 17.8. The highest BCUT2D eigenvalue weighted by atomic mass is 16.5. The van der Waals surface area contributed by atoms with E-state index in [1.807, 2.05) is 21.8 Å². The third kappa shape index (κ3) is 3.42. The number of aromatic nitrogens is 4. The molecule has 0 bridgehead atoms. The number of carbonyl (C=O) groups excluding carboxylic acids is 1. The van der Waals surface area contributed by atoms with E-state index in [0.717, 1.165) is 19.4 Å². The van der Waals surface area contributed by atoms with Crippen LogP contribution in [0.25, 0.3) is 0 Å². The molecule has 0 saturated carbocycles. The Balaban J connectivity index is 1.54. The molecule has 1 atom stereocenters. The van der Waals surface area contributed by atoms with E-state index in [4.69, 9.17) is 4.74 Å². The molecule has 0 aliphatic carbocycles. The zero-order valence-electron chi connectivity index (χ0n) is 14.2. The van der Waals surface area contributed by atoms with Crippen LogP contribution in [0, 0.1) is 0 Å². The Morgan fingerprint density at radius 3 is 2.88 bits per heavy atom. The number of likely N-dealkylation sites (tertiary alicyclic amines) is 1. The molecule has 0 unspecified atom stereocenters. The predicted molar refractivity (Wildman–Crippen MR) is 94.9 cm³/mol. The van der Waals surface area contributed by atoms with Crippen LogP contribution in [0.15, 0.2) is 61.3 Å². The summed E-state index contributed by atoms with van der Waals surface area (Å²) in [6, 6.07) is 9.16. The first-order valence-electron chi connectivity index (χ1n) is 8.62. The minimum absolute atomic E-state index is 0.0751. The van der Waals surface area contributed by atoms with Crippen molar-refractivity contribution in [2.24, 2.45) is 0 Å². The fourth-order valence-corrected chi connectivity index (χ4v) is 3.18. The van der Waals surface area contributed by atoms with Gasteiger partial charge in [-0.2, -0.15) is 5.10 Å². The number of carbonyl (C=O) groups is 1. The Bertz CT molecular complexity index is 867. The van der Waals surface area contributed by atoms with E-state index in [-0.39, 0.29) is 11.9 Å². The van der Waals surface area contributed by atoms with Gasteiger partial charge in [0.05, 0.1) is 12.2 Å². The van der Waals surface area contributed by atoms with Gasteiger partial charge in [0.2, 0.25) is 5.88 Å². The number of nitrogens with zero attached hydrogens (tertiary/aromatic N) is 5. The molecule has 4 rings (SSSR count). The Morgan fingerprint density at radius 1 is 1.15 bits per heavy atom. The van der Waals surface area contributed by atoms with E-state index in [9.17, 15) is 4.79 Å². The topological polar surface area (TPSA) is 73.1 Å². The van der Waals surface area contributed by atoms with Crippen LogP contribution >= 0.6 is 0 Å². The second-order valence-corrected chi connectivity index (χ2v) is 6.18. The molecule has 3 aromatic heterocycles. The lowest BCUT2D eigenvalue weighted by atomic mass is 10.0. The molecule has 0 radical (unpaired) electrons. The molecular formula is C19H19N5O2. The summed E-state index contributed by atoms with van der Waals surface area (Å²) in [5, 5.41) is 4.31. The van der Waals surface area contributed by atoms with E-state index in [2.05, 4.69) is 15.1 Å². The number of hydrogen-bond acceptors (Lipinski definition) is 5. The molecule has 7 heteroatoms. The number of hydrogen-bond donors (Lipinski definition) is 0. The van der Waals surface area contributed by atoms with Gasteiger partial charge in [0, 0.05) is 37.9 Å². The molecule has 3 aromatic rings. The molecule has 0 N–H and O–H groups in total. The van der Waals surface area contributed by atoms with Gasteiger partial charge in [0.15, 0.2) is 0 Å². The molecule has 1 amide bonds. The van der Waals surface area contributed by atoms with Crippen molar-refractivity contribution in [3.05, 3.63) is 66.9 Å². The van der Waals surface area contributed by atoms with Crippen molar-refractivity contribution in [2.75, 3.05) is 13.1 Å². The highest BCUT2D eigenvalue weighted by Crippen LogP contribution is 2.26. The number of rotatable bonds is 4. The van der Waals surface area contributed by atoms with E-state index >= 15 is 0 Å². The van der Waals surface area contributed by atoms with Crippen LogP contribution in [0.1, 0.15) is 29.2 Å². The van der Waals surface area contributed by atoms with Crippen molar-refractivity contribution in [3.8, 4) is 11.6 Å². The van der Waals surface area contributed by atoms with Gasteiger partial charge in [-0.3, -0.25) is 14.5 Å². The molecule has 26 heavy (non-hydrogen) atoms. The van der Waals surface area contributed by atoms with Gasteiger partial charge >= 0.3 is 0 Å². The minimum Gasteiger partial charge on any atom is -0.437 e. The summed E-state index contributed by atoms with van der Waals surface area (Å²) >= 11 is 0. The molecule has 132 valence electrons. The van der Waals surface area contributed by atoms with Gasteiger partial charge in [-0.05, 0) is 43.2 Å². The molecule has 0 aromatic carbocycles. The van der Waals surface area contributed by atoms with E-state index < -0.39 is 0 Å².